The van der Waals surface area contributed by atoms with E-state index in [0.717, 1.165) is 22.8 Å². The van der Waals surface area contributed by atoms with Gasteiger partial charge in [-0.1, -0.05) is 0 Å². The summed E-state index contributed by atoms with van der Waals surface area (Å²) in [6.07, 6.45) is 5.13. The van der Waals surface area contributed by atoms with Crippen molar-refractivity contribution in [1.82, 2.24) is 19.3 Å². The van der Waals surface area contributed by atoms with Crippen molar-refractivity contribution in [3.63, 3.8) is 0 Å². The molecule has 8 heteroatoms. The van der Waals surface area contributed by atoms with Gasteiger partial charge in [-0.3, -0.25) is 14.6 Å². The molecule has 8 nitrogen and oxygen atoms in total. The smallest absolute Gasteiger partial charge is 0.269 e. The molecular weight excluding hydrogens is 380 g/mol. The van der Waals surface area contributed by atoms with E-state index in [4.69, 9.17) is 5.73 Å². The first-order valence-electron chi connectivity index (χ1n) is 9.30. The van der Waals surface area contributed by atoms with Crippen LogP contribution in [-0.2, 0) is 0 Å². The molecule has 3 aromatic heterocycles. The summed E-state index contributed by atoms with van der Waals surface area (Å²) in [5, 5.41) is 7.04. The number of pyridine rings is 1. The molecule has 2 amide bonds. The molecule has 0 aliphatic rings. The molecule has 0 atom stereocenters. The number of anilines is 1. The molecule has 4 aromatic rings. The summed E-state index contributed by atoms with van der Waals surface area (Å²) in [6.45, 7) is 3.86. The van der Waals surface area contributed by atoms with Crippen LogP contribution in [0.1, 0.15) is 32.2 Å². The van der Waals surface area contributed by atoms with E-state index < -0.39 is 5.91 Å². The van der Waals surface area contributed by atoms with Gasteiger partial charge in [-0.2, -0.15) is 5.10 Å². The molecule has 3 heterocycles. The lowest BCUT2D eigenvalue weighted by atomic mass is 10.2. The second kappa shape index (κ2) is 7.67. The monoisotopic (exact) mass is 400 g/mol. The number of nitrogens with one attached hydrogen (secondary N) is 1. The van der Waals surface area contributed by atoms with Crippen LogP contribution in [-0.4, -0.2) is 31.1 Å². The lowest BCUT2D eigenvalue weighted by Crippen LogP contribution is -2.13. The van der Waals surface area contributed by atoms with E-state index in [1.165, 1.54) is 0 Å². The number of hydrogen-bond acceptors (Lipinski definition) is 4. The van der Waals surface area contributed by atoms with Gasteiger partial charge in [0, 0.05) is 29.5 Å². The molecule has 150 valence electrons. The molecule has 30 heavy (non-hydrogen) atoms. The van der Waals surface area contributed by atoms with Gasteiger partial charge in [-0.25, -0.2) is 4.68 Å². The lowest BCUT2D eigenvalue weighted by molar-refractivity contribution is 0.0993. The average Bonchev–Trinajstić information content (AvgIpc) is 3.34. The Morgan fingerprint density at radius 1 is 1.03 bits per heavy atom. The van der Waals surface area contributed by atoms with Crippen molar-refractivity contribution in [2.75, 3.05) is 5.32 Å². The van der Waals surface area contributed by atoms with Gasteiger partial charge in [0.15, 0.2) is 0 Å². The zero-order chi connectivity index (χ0) is 21.3. The van der Waals surface area contributed by atoms with Crippen LogP contribution in [0.2, 0.25) is 0 Å². The van der Waals surface area contributed by atoms with Crippen LogP contribution < -0.4 is 11.1 Å². The number of carbonyl (C=O) groups excluding carboxylic acids is 2. The SMILES string of the molecule is Cc1cc(C(=O)Nc2ccc(-n3ccc(C(N)=O)n3)cc2)c(C)n1-c1cccnc1. The number of aryl methyl sites for hydroxylation is 1. The molecule has 0 saturated heterocycles. The predicted octanol–water partition coefficient (Wildman–Crippen LogP) is 3.03. The molecule has 0 aliphatic carbocycles. The summed E-state index contributed by atoms with van der Waals surface area (Å²) in [5.41, 5.74) is 10.1. The van der Waals surface area contributed by atoms with Crippen LogP contribution in [0.4, 0.5) is 5.69 Å². The number of hydrogen-bond donors (Lipinski definition) is 2. The van der Waals surface area contributed by atoms with E-state index in [9.17, 15) is 9.59 Å². The van der Waals surface area contributed by atoms with Crippen LogP contribution >= 0.6 is 0 Å². The first-order chi connectivity index (χ1) is 14.4. The van der Waals surface area contributed by atoms with Gasteiger partial charge < -0.3 is 15.6 Å². The molecule has 0 fully saturated rings. The Morgan fingerprint density at radius 2 is 1.80 bits per heavy atom. The Morgan fingerprint density at radius 3 is 2.43 bits per heavy atom. The highest BCUT2D eigenvalue weighted by Crippen LogP contribution is 2.22. The lowest BCUT2D eigenvalue weighted by Gasteiger charge is -2.10. The maximum absolute atomic E-state index is 12.9. The number of primary amides is 1. The van der Waals surface area contributed by atoms with Crippen molar-refractivity contribution in [2.45, 2.75) is 13.8 Å². The summed E-state index contributed by atoms with van der Waals surface area (Å²) in [7, 11) is 0. The molecular formula is C22H20N6O2. The van der Waals surface area contributed by atoms with Gasteiger partial charge >= 0.3 is 0 Å². The van der Waals surface area contributed by atoms with Crippen LogP contribution in [0.15, 0.2) is 67.1 Å². The van der Waals surface area contributed by atoms with Gasteiger partial charge in [0.1, 0.15) is 5.69 Å². The third-order valence-corrected chi connectivity index (χ3v) is 4.81. The van der Waals surface area contributed by atoms with Crippen molar-refractivity contribution >= 4 is 17.5 Å². The predicted molar refractivity (Wildman–Crippen MR) is 113 cm³/mol. The summed E-state index contributed by atoms with van der Waals surface area (Å²) < 4.78 is 3.55. The number of aromatic nitrogens is 4. The zero-order valence-corrected chi connectivity index (χ0v) is 16.5. The Balaban J connectivity index is 1.54. The Hall–Kier alpha value is -4.20. The van der Waals surface area contributed by atoms with Gasteiger partial charge in [0.2, 0.25) is 0 Å². The largest absolute Gasteiger partial charge is 0.364 e. The van der Waals surface area contributed by atoms with Crippen molar-refractivity contribution < 1.29 is 9.59 Å². The van der Waals surface area contributed by atoms with Crippen molar-refractivity contribution in [3.8, 4) is 11.4 Å². The molecule has 0 bridgehead atoms. The molecule has 0 aliphatic heterocycles. The van der Waals surface area contributed by atoms with Crippen molar-refractivity contribution in [2.24, 2.45) is 5.73 Å². The standard InChI is InChI=1S/C22H20N6O2/c1-14-12-19(15(2)28(14)18-4-3-10-24-13-18)22(30)25-16-5-7-17(8-6-16)27-11-9-20(26-27)21(23)29/h3-13H,1-2H3,(H2,23,29)(H,25,30). The van der Waals surface area contributed by atoms with Gasteiger partial charge in [-0.15, -0.1) is 0 Å². The van der Waals surface area contributed by atoms with E-state index in [1.54, 1.807) is 53.6 Å². The number of rotatable bonds is 5. The van der Waals surface area contributed by atoms with Gasteiger partial charge in [-0.05, 0) is 62.4 Å². The summed E-state index contributed by atoms with van der Waals surface area (Å²) >= 11 is 0. The molecule has 0 saturated carbocycles. The second-order valence-electron chi connectivity index (χ2n) is 6.84. The third kappa shape index (κ3) is 3.58. The zero-order valence-electron chi connectivity index (χ0n) is 16.5. The Kier molecular flexibility index (Phi) is 4.89. The Bertz CT molecular complexity index is 1220. The third-order valence-electron chi connectivity index (χ3n) is 4.81. The minimum absolute atomic E-state index is 0.191. The fraction of sp³-hybridized carbons (Fsp3) is 0.0909. The van der Waals surface area contributed by atoms with Crippen LogP contribution in [0.3, 0.4) is 0 Å². The molecule has 3 N–H and O–H groups in total. The number of benzene rings is 1. The van der Waals surface area contributed by atoms with Gasteiger partial charge in [0.05, 0.1) is 23.1 Å². The number of carbonyl (C=O) groups is 2. The van der Waals surface area contributed by atoms with E-state index in [0.29, 0.717) is 11.3 Å². The maximum Gasteiger partial charge on any atom is 0.269 e. The number of nitrogens with two attached hydrogens (primary N) is 1. The highest BCUT2D eigenvalue weighted by Gasteiger charge is 2.17. The summed E-state index contributed by atoms with van der Waals surface area (Å²) in [5.74, 6) is -0.775. The van der Waals surface area contributed by atoms with E-state index in [2.05, 4.69) is 15.4 Å². The molecule has 0 radical (unpaired) electrons. The normalized spacial score (nSPS) is 10.7. The van der Waals surface area contributed by atoms with Gasteiger partial charge in [0.25, 0.3) is 11.8 Å². The summed E-state index contributed by atoms with van der Waals surface area (Å²) in [4.78, 5) is 28.2. The molecule has 1 aromatic carbocycles. The summed E-state index contributed by atoms with van der Waals surface area (Å²) in [6, 6.07) is 14.4. The van der Waals surface area contributed by atoms with E-state index in [1.807, 2.05) is 36.6 Å². The first-order valence-corrected chi connectivity index (χ1v) is 9.30. The first kappa shape index (κ1) is 19.1. The van der Waals surface area contributed by atoms with E-state index >= 15 is 0 Å². The minimum Gasteiger partial charge on any atom is -0.364 e. The molecule has 0 spiro atoms. The quantitative estimate of drug-likeness (QED) is 0.537. The van der Waals surface area contributed by atoms with E-state index in [-0.39, 0.29) is 11.6 Å². The van der Waals surface area contributed by atoms with Crippen LogP contribution in [0, 0.1) is 13.8 Å². The highest BCUT2D eigenvalue weighted by atomic mass is 16.2. The fourth-order valence-corrected chi connectivity index (χ4v) is 3.37. The number of amides is 2. The molecule has 4 rings (SSSR count). The second-order valence-corrected chi connectivity index (χ2v) is 6.84. The average molecular weight is 400 g/mol. The van der Waals surface area contributed by atoms with Crippen molar-refractivity contribution in [1.29, 1.82) is 0 Å². The highest BCUT2D eigenvalue weighted by molar-refractivity contribution is 6.05. The Labute approximate surface area is 173 Å². The number of nitrogens with zero attached hydrogens (tertiary/aromatic N) is 4. The van der Waals surface area contributed by atoms with Crippen LogP contribution in [0.5, 0.6) is 0 Å². The minimum atomic E-state index is -0.582. The fourth-order valence-electron chi connectivity index (χ4n) is 3.37. The topological polar surface area (TPSA) is 108 Å². The molecule has 0 unspecified atom stereocenters. The van der Waals surface area contributed by atoms with Crippen LogP contribution in [0.25, 0.3) is 11.4 Å². The van der Waals surface area contributed by atoms with Crippen molar-refractivity contribution in [3.05, 3.63) is 89.8 Å². The maximum atomic E-state index is 12.9.